The number of nitrogens with zero attached hydrogens (tertiary/aromatic N) is 1. The highest BCUT2D eigenvalue weighted by Gasteiger charge is 2.18. The van der Waals surface area contributed by atoms with Gasteiger partial charge in [0.1, 0.15) is 0 Å². The summed E-state index contributed by atoms with van der Waals surface area (Å²) in [7, 11) is 1.30. The molecule has 0 unspecified atom stereocenters. The summed E-state index contributed by atoms with van der Waals surface area (Å²) in [5, 5.41) is 22.7. The average Bonchev–Trinajstić information content (AvgIpc) is 2.56. The zero-order chi connectivity index (χ0) is 16.8. The predicted octanol–water partition coefficient (Wildman–Crippen LogP) is 2.89. The third kappa shape index (κ3) is 4.17. The van der Waals surface area contributed by atoms with Gasteiger partial charge in [-0.3, -0.25) is 10.1 Å². The van der Waals surface area contributed by atoms with Gasteiger partial charge in [-0.2, -0.15) is 0 Å². The van der Waals surface area contributed by atoms with Gasteiger partial charge in [-0.05, 0) is 17.5 Å². The molecule has 2 aromatic carbocycles. The molecule has 0 saturated carbocycles. The van der Waals surface area contributed by atoms with Crippen molar-refractivity contribution in [2.75, 3.05) is 19.0 Å². The number of nitro benzene ring substituents is 1. The lowest BCUT2D eigenvalue weighted by Gasteiger charge is -2.10. The monoisotopic (exact) mass is 320 g/mol. The topological polar surface area (TPSA) is 84.6 Å². The highest BCUT2D eigenvalue weighted by Crippen LogP contribution is 2.32. The van der Waals surface area contributed by atoms with Crippen LogP contribution in [0.15, 0.2) is 36.4 Å². The van der Waals surface area contributed by atoms with E-state index >= 15 is 0 Å². The Labute approximate surface area is 132 Å². The average molecular weight is 320 g/mol. The number of nitrogens with one attached hydrogen (secondary N) is 1. The van der Waals surface area contributed by atoms with Gasteiger partial charge in [-0.25, -0.2) is 4.39 Å². The molecule has 7 heteroatoms. The maximum Gasteiger partial charge on any atom is 0.313 e. The van der Waals surface area contributed by atoms with Crippen molar-refractivity contribution in [2.45, 2.75) is 13.0 Å². The zero-order valence-electron chi connectivity index (χ0n) is 12.6. The first-order valence-electron chi connectivity index (χ1n) is 6.99. The summed E-state index contributed by atoms with van der Waals surface area (Å²) in [6.07, 6.45) is 0.643. The molecule has 23 heavy (non-hydrogen) atoms. The van der Waals surface area contributed by atoms with E-state index in [0.29, 0.717) is 13.0 Å². The van der Waals surface area contributed by atoms with Gasteiger partial charge < -0.3 is 15.2 Å². The number of hydrogen-bond donors (Lipinski definition) is 2. The van der Waals surface area contributed by atoms with Crippen LogP contribution in [0.1, 0.15) is 11.1 Å². The van der Waals surface area contributed by atoms with Crippen LogP contribution in [0.25, 0.3) is 0 Å². The second-order valence-electron chi connectivity index (χ2n) is 4.91. The molecule has 0 aliphatic carbocycles. The molecular weight excluding hydrogens is 303 g/mol. The molecule has 0 atom stereocenters. The smallest absolute Gasteiger partial charge is 0.313 e. The molecule has 2 N–H and O–H groups in total. The van der Waals surface area contributed by atoms with E-state index in [4.69, 9.17) is 9.84 Å². The van der Waals surface area contributed by atoms with Crippen LogP contribution in [0.2, 0.25) is 0 Å². The molecular formula is C16H17FN2O4. The van der Waals surface area contributed by atoms with E-state index in [0.717, 1.165) is 17.2 Å². The highest BCUT2D eigenvalue weighted by molar-refractivity contribution is 5.59. The SMILES string of the molecule is COc1cc(NCCc2ccc(CO)cc2)c(F)cc1[N+](=O)[O-]. The van der Waals surface area contributed by atoms with Crippen LogP contribution in [0.3, 0.4) is 0 Å². The number of aliphatic hydroxyl groups excluding tert-OH is 1. The fourth-order valence-corrected chi connectivity index (χ4v) is 2.14. The second-order valence-corrected chi connectivity index (χ2v) is 4.91. The first-order valence-corrected chi connectivity index (χ1v) is 6.99. The predicted molar refractivity (Wildman–Crippen MR) is 84.2 cm³/mol. The van der Waals surface area contributed by atoms with Crippen molar-refractivity contribution < 1.29 is 19.2 Å². The van der Waals surface area contributed by atoms with Crippen molar-refractivity contribution in [3.8, 4) is 5.75 Å². The minimum atomic E-state index is -0.701. The summed E-state index contributed by atoms with van der Waals surface area (Å²) in [5.41, 5.74) is 1.60. The van der Waals surface area contributed by atoms with E-state index in [1.807, 2.05) is 24.3 Å². The summed E-state index contributed by atoms with van der Waals surface area (Å²) in [6, 6.07) is 9.55. The van der Waals surface area contributed by atoms with E-state index in [-0.39, 0.29) is 18.0 Å². The van der Waals surface area contributed by atoms with Gasteiger partial charge in [0.2, 0.25) is 0 Å². The molecule has 2 rings (SSSR count). The Hall–Kier alpha value is -2.67. The lowest BCUT2D eigenvalue weighted by atomic mass is 10.1. The number of methoxy groups -OCH3 is 1. The number of nitro groups is 1. The number of anilines is 1. The van der Waals surface area contributed by atoms with E-state index in [9.17, 15) is 14.5 Å². The fourth-order valence-electron chi connectivity index (χ4n) is 2.14. The van der Waals surface area contributed by atoms with Gasteiger partial charge in [0, 0.05) is 12.6 Å². The van der Waals surface area contributed by atoms with Crippen molar-refractivity contribution >= 4 is 11.4 Å². The Balaban J connectivity index is 2.03. The molecule has 0 bridgehead atoms. The number of hydrogen-bond acceptors (Lipinski definition) is 5. The Morgan fingerprint density at radius 1 is 1.26 bits per heavy atom. The third-order valence-electron chi connectivity index (χ3n) is 3.40. The van der Waals surface area contributed by atoms with Crippen molar-refractivity contribution in [1.82, 2.24) is 0 Å². The molecule has 0 heterocycles. The van der Waals surface area contributed by atoms with Gasteiger partial charge in [0.05, 0.1) is 30.4 Å². The maximum atomic E-state index is 13.9. The molecule has 0 aromatic heterocycles. The minimum absolute atomic E-state index is 0.00574. The third-order valence-corrected chi connectivity index (χ3v) is 3.40. The number of aliphatic hydroxyl groups is 1. The van der Waals surface area contributed by atoms with Gasteiger partial charge >= 0.3 is 5.69 Å². The first-order chi connectivity index (χ1) is 11.0. The molecule has 0 aliphatic rings. The largest absolute Gasteiger partial charge is 0.490 e. The van der Waals surface area contributed by atoms with Crippen molar-refractivity contribution in [2.24, 2.45) is 0 Å². The normalized spacial score (nSPS) is 10.4. The Bertz CT molecular complexity index is 689. The quantitative estimate of drug-likeness (QED) is 0.605. The van der Waals surface area contributed by atoms with Crippen molar-refractivity contribution in [3.63, 3.8) is 0 Å². The van der Waals surface area contributed by atoms with Gasteiger partial charge in [0.25, 0.3) is 0 Å². The summed E-state index contributed by atoms with van der Waals surface area (Å²) in [6.45, 7) is 0.447. The van der Waals surface area contributed by atoms with Crippen LogP contribution in [0.5, 0.6) is 5.75 Å². The summed E-state index contributed by atoms with van der Waals surface area (Å²) < 4.78 is 18.8. The Morgan fingerprint density at radius 3 is 2.48 bits per heavy atom. The minimum Gasteiger partial charge on any atom is -0.490 e. The molecule has 0 saturated heterocycles. The molecule has 0 amide bonds. The van der Waals surface area contributed by atoms with Crippen LogP contribution in [-0.2, 0) is 13.0 Å². The van der Waals surface area contributed by atoms with E-state index in [2.05, 4.69) is 5.32 Å². The van der Waals surface area contributed by atoms with Crippen LogP contribution < -0.4 is 10.1 Å². The Morgan fingerprint density at radius 2 is 1.91 bits per heavy atom. The maximum absolute atomic E-state index is 13.9. The molecule has 0 fully saturated rings. The van der Waals surface area contributed by atoms with Crippen LogP contribution in [-0.4, -0.2) is 23.7 Å². The molecule has 0 aliphatic heterocycles. The lowest BCUT2D eigenvalue weighted by molar-refractivity contribution is -0.385. The van der Waals surface area contributed by atoms with Gasteiger partial charge in [-0.15, -0.1) is 0 Å². The summed E-state index contributed by atoms with van der Waals surface area (Å²) in [4.78, 5) is 10.1. The van der Waals surface area contributed by atoms with E-state index in [1.165, 1.54) is 13.2 Å². The van der Waals surface area contributed by atoms with Crippen LogP contribution >= 0.6 is 0 Å². The lowest BCUT2D eigenvalue weighted by Crippen LogP contribution is -2.07. The zero-order valence-corrected chi connectivity index (χ0v) is 12.6. The molecule has 6 nitrogen and oxygen atoms in total. The standard InChI is InChI=1S/C16H17FN2O4/c1-23-16-9-14(13(17)8-15(16)19(21)22)18-7-6-11-2-4-12(10-20)5-3-11/h2-5,8-9,18,20H,6-7,10H2,1H3. The van der Waals surface area contributed by atoms with Gasteiger partial charge in [0.15, 0.2) is 11.6 Å². The van der Waals surface area contributed by atoms with Crippen molar-refractivity contribution in [3.05, 3.63) is 63.5 Å². The van der Waals surface area contributed by atoms with Crippen molar-refractivity contribution in [1.29, 1.82) is 0 Å². The second kappa shape index (κ2) is 7.55. The Kier molecular flexibility index (Phi) is 5.48. The van der Waals surface area contributed by atoms with Gasteiger partial charge in [-0.1, -0.05) is 24.3 Å². The molecule has 122 valence electrons. The molecule has 0 radical (unpaired) electrons. The number of benzene rings is 2. The number of halogens is 1. The first kappa shape index (κ1) is 16.7. The summed E-state index contributed by atoms with van der Waals surface area (Å²) >= 11 is 0. The highest BCUT2D eigenvalue weighted by atomic mass is 19.1. The summed E-state index contributed by atoms with van der Waals surface area (Å²) in [5.74, 6) is -0.695. The van der Waals surface area contributed by atoms with Crippen LogP contribution in [0, 0.1) is 15.9 Å². The van der Waals surface area contributed by atoms with Crippen LogP contribution in [0.4, 0.5) is 15.8 Å². The molecule has 0 spiro atoms. The fraction of sp³-hybridized carbons (Fsp3) is 0.250. The number of ether oxygens (including phenoxy) is 1. The number of rotatable bonds is 7. The van der Waals surface area contributed by atoms with E-state index in [1.54, 1.807) is 0 Å². The molecule has 2 aromatic rings. The van der Waals surface area contributed by atoms with E-state index < -0.39 is 16.4 Å².